The van der Waals surface area contributed by atoms with E-state index in [0.717, 1.165) is 18.6 Å². The number of carbonyl (C=O) groups is 4. The van der Waals surface area contributed by atoms with Crippen LogP contribution in [0.4, 0.5) is 0 Å². The molecule has 8 heteroatoms. The van der Waals surface area contributed by atoms with E-state index in [1.165, 1.54) is 12.2 Å². The van der Waals surface area contributed by atoms with Gasteiger partial charge >= 0.3 is 23.9 Å². The van der Waals surface area contributed by atoms with Gasteiger partial charge in [-0.1, -0.05) is 48.5 Å². The van der Waals surface area contributed by atoms with E-state index in [9.17, 15) is 19.2 Å². The molecule has 0 bridgehead atoms. The quantitative estimate of drug-likeness (QED) is 0.343. The molecule has 3 atom stereocenters. The number of carbonyl (C=O) groups excluding carboxylic acids is 4. The third kappa shape index (κ3) is 7.17. The van der Waals surface area contributed by atoms with Crippen molar-refractivity contribution in [2.75, 3.05) is 6.61 Å². The van der Waals surface area contributed by atoms with Crippen molar-refractivity contribution in [2.45, 2.75) is 25.2 Å². The molecule has 2 aromatic rings. The smallest absolute Gasteiger partial charge is 0.338 e. The Morgan fingerprint density at radius 2 is 1.70 bits per heavy atom. The average Bonchev–Trinajstić information content (AvgIpc) is 2.82. The maximum absolute atomic E-state index is 12.3. The van der Waals surface area contributed by atoms with Gasteiger partial charge in [-0.05, 0) is 29.8 Å². The number of rotatable bonds is 8. The van der Waals surface area contributed by atoms with Crippen molar-refractivity contribution in [1.29, 1.82) is 0 Å². The normalized spacial score (nSPS) is 18.3. The summed E-state index contributed by atoms with van der Waals surface area (Å²) in [6, 6.07) is 17.3. The van der Waals surface area contributed by atoms with Gasteiger partial charge in [-0.15, -0.1) is 0 Å². The Morgan fingerprint density at radius 3 is 2.36 bits per heavy atom. The van der Waals surface area contributed by atoms with Crippen LogP contribution in [0.25, 0.3) is 6.08 Å². The molecule has 0 spiro atoms. The molecule has 0 saturated heterocycles. The first kappa shape index (κ1) is 23.5. The number of hydrogen-bond acceptors (Lipinski definition) is 8. The second-order valence-electron chi connectivity index (χ2n) is 7.02. The first-order chi connectivity index (χ1) is 15.9. The largest absolute Gasteiger partial charge is 0.458 e. The van der Waals surface area contributed by atoms with Crippen LogP contribution in [0, 0.1) is 0 Å². The van der Waals surface area contributed by atoms with Crippen LogP contribution < -0.4 is 0 Å². The molecule has 0 fully saturated rings. The summed E-state index contributed by atoms with van der Waals surface area (Å²) in [7, 11) is 0. The van der Waals surface area contributed by atoms with Crippen molar-refractivity contribution in [2.24, 2.45) is 0 Å². The molecule has 8 nitrogen and oxygen atoms in total. The summed E-state index contributed by atoms with van der Waals surface area (Å²) in [6.07, 6.45) is 1.78. The fraction of sp³-hybridized carbons (Fsp3) is 0.200. The zero-order valence-corrected chi connectivity index (χ0v) is 17.8. The minimum atomic E-state index is -1.20. The molecule has 0 N–H and O–H groups in total. The van der Waals surface area contributed by atoms with Gasteiger partial charge in [0.25, 0.3) is 0 Å². The lowest BCUT2D eigenvalue weighted by Crippen LogP contribution is -2.48. The third-order valence-corrected chi connectivity index (χ3v) is 4.53. The summed E-state index contributed by atoms with van der Waals surface area (Å²) >= 11 is 0. The van der Waals surface area contributed by atoms with E-state index in [2.05, 4.69) is 0 Å². The van der Waals surface area contributed by atoms with Crippen molar-refractivity contribution in [1.82, 2.24) is 0 Å². The Morgan fingerprint density at radius 1 is 1.03 bits per heavy atom. The summed E-state index contributed by atoms with van der Waals surface area (Å²) in [6.45, 7) is 0.753. The van der Waals surface area contributed by atoms with Crippen LogP contribution in [-0.4, -0.2) is 48.8 Å². The van der Waals surface area contributed by atoms with Crippen LogP contribution in [0.3, 0.4) is 0 Å². The van der Waals surface area contributed by atoms with E-state index < -0.39 is 48.8 Å². The Hall–Kier alpha value is -4.20. The second-order valence-corrected chi connectivity index (χ2v) is 7.02. The minimum absolute atomic E-state index is 0.300. The molecule has 0 aromatic heterocycles. The van der Waals surface area contributed by atoms with Crippen LogP contribution in [0.15, 0.2) is 78.9 Å². The van der Waals surface area contributed by atoms with E-state index in [1.807, 2.05) is 30.3 Å². The van der Waals surface area contributed by atoms with Gasteiger partial charge in [0.1, 0.15) is 6.61 Å². The Kier molecular flexibility index (Phi) is 8.13. The van der Waals surface area contributed by atoms with Crippen LogP contribution in [-0.2, 0) is 33.3 Å². The molecule has 0 aliphatic carbocycles. The molecule has 1 aliphatic heterocycles. The summed E-state index contributed by atoms with van der Waals surface area (Å²) < 4.78 is 21.2. The van der Waals surface area contributed by atoms with E-state index in [4.69, 9.17) is 18.9 Å². The molecule has 33 heavy (non-hydrogen) atoms. The predicted octanol–water partition coefficient (Wildman–Crippen LogP) is 2.88. The van der Waals surface area contributed by atoms with E-state index in [-0.39, 0.29) is 0 Å². The summed E-state index contributed by atoms with van der Waals surface area (Å²) in [5.41, 5.74) is 1.09. The Bertz CT molecular complexity index is 1040. The highest BCUT2D eigenvalue weighted by Gasteiger charge is 2.39. The van der Waals surface area contributed by atoms with Crippen molar-refractivity contribution < 1.29 is 38.1 Å². The number of esters is 4. The SMILES string of the molecule is CC(=O)O[C@H](COC(=O)c1ccccc1)[C@H]1OC(=O)C=C[C@H]1OC(=O)/C=C/c1ccccc1. The summed E-state index contributed by atoms with van der Waals surface area (Å²) in [5.74, 6) is -2.74. The van der Waals surface area contributed by atoms with Gasteiger partial charge in [0.15, 0.2) is 18.3 Å². The van der Waals surface area contributed by atoms with Crippen LogP contribution >= 0.6 is 0 Å². The molecular weight excluding hydrogens is 428 g/mol. The highest BCUT2D eigenvalue weighted by atomic mass is 16.6. The molecule has 2 aromatic carbocycles. The Balaban J connectivity index is 1.71. The lowest BCUT2D eigenvalue weighted by Gasteiger charge is -2.32. The van der Waals surface area contributed by atoms with Gasteiger partial charge in [-0.3, -0.25) is 4.79 Å². The second kappa shape index (κ2) is 11.4. The van der Waals surface area contributed by atoms with Crippen LogP contribution in [0.2, 0.25) is 0 Å². The number of cyclic esters (lactones) is 1. The topological polar surface area (TPSA) is 105 Å². The molecule has 0 saturated carbocycles. The van der Waals surface area contributed by atoms with Gasteiger partial charge in [0.2, 0.25) is 0 Å². The van der Waals surface area contributed by atoms with Gasteiger partial charge in [-0.2, -0.15) is 0 Å². The molecule has 0 radical (unpaired) electrons. The monoisotopic (exact) mass is 450 g/mol. The highest BCUT2D eigenvalue weighted by Crippen LogP contribution is 2.20. The van der Waals surface area contributed by atoms with Gasteiger partial charge in [0.05, 0.1) is 5.56 Å². The lowest BCUT2D eigenvalue weighted by molar-refractivity contribution is -0.181. The number of benzene rings is 2. The van der Waals surface area contributed by atoms with Crippen LogP contribution in [0.5, 0.6) is 0 Å². The maximum atomic E-state index is 12.3. The fourth-order valence-corrected chi connectivity index (χ4v) is 3.04. The fourth-order valence-electron chi connectivity index (χ4n) is 3.04. The first-order valence-electron chi connectivity index (χ1n) is 10.1. The molecular formula is C25H22O8. The minimum Gasteiger partial charge on any atom is -0.458 e. The summed E-state index contributed by atoms with van der Waals surface area (Å²) in [5, 5.41) is 0. The molecule has 0 unspecified atom stereocenters. The van der Waals surface area contributed by atoms with Gasteiger partial charge in [0, 0.05) is 19.1 Å². The molecule has 0 amide bonds. The number of hydrogen-bond donors (Lipinski definition) is 0. The highest BCUT2D eigenvalue weighted by molar-refractivity contribution is 5.89. The van der Waals surface area contributed by atoms with E-state index >= 15 is 0 Å². The average molecular weight is 450 g/mol. The van der Waals surface area contributed by atoms with Crippen molar-refractivity contribution in [3.8, 4) is 0 Å². The van der Waals surface area contributed by atoms with Gasteiger partial charge in [-0.25, -0.2) is 14.4 Å². The molecule has 3 rings (SSSR count). The zero-order valence-electron chi connectivity index (χ0n) is 17.8. The molecule has 170 valence electrons. The standard InChI is InChI=1S/C25H22O8/c1-17(26)31-21(16-30-25(29)19-10-6-3-7-11-19)24-20(13-15-23(28)33-24)32-22(27)14-12-18-8-4-2-5-9-18/h2-15,20-21,24H,16H2,1H3/b14-12+/t20-,21-,24+/m1/s1. The molecule has 1 aliphatic rings. The van der Waals surface area contributed by atoms with E-state index in [0.29, 0.717) is 5.56 Å². The van der Waals surface area contributed by atoms with Crippen molar-refractivity contribution in [3.05, 3.63) is 90.0 Å². The van der Waals surface area contributed by atoms with Gasteiger partial charge < -0.3 is 18.9 Å². The van der Waals surface area contributed by atoms with Crippen molar-refractivity contribution >= 4 is 30.0 Å². The zero-order chi connectivity index (χ0) is 23.6. The predicted molar refractivity (Wildman–Crippen MR) is 117 cm³/mol. The Labute approximate surface area is 190 Å². The summed E-state index contributed by atoms with van der Waals surface area (Å²) in [4.78, 5) is 48.1. The molecule has 1 heterocycles. The first-order valence-corrected chi connectivity index (χ1v) is 10.1. The third-order valence-electron chi connectivity index (χ3n) is 4.53. The van der Waals surface area contributed by atoms with E-state index in [1.54, 1.807) is 36.4 Å². The van der Waals surface area contributed by atoms with Crippen LogP contribution in [0.1, 0.15) is 22.8 Å². The van der Waals surface area contributed by atoms with Crippen molar-refractivity contribution in [3.63, 3.8) is 0 Å². The lowest BCUT2D eigenvalue weighted by atomic mass is 10.1. The maximum Gasteiger partial charge on any atom is 0.338 e. The number of ether oxygens (including phenoxy) is 4.